The van der Waals surface area contributed by atoms with Crippen molar-refractivity contribution in [2.24, 2.45) is 0 Å². The maximum Gasteiger partial charge on any atom is 0.0405 e. The summed E-state index contributed by atoms with van der Waals surface area (Å²) in [7, 11) is 0. The molecule has 3 heterocycles. The smallest absolute Gasteiger partial charge is 0.0405 e. The first-order chi connectivity index (χ1) is 11.3. The minimum absolute atomic E-state index is 0.640. The molecule has 3 heteroatoms. The van der Waals surface area contributed by atoms with Gasteiger partial charge in [0.15, 0.2) is 0 Å². The molecule has 0 bridgehead atoms. The summed E-state index contributed by atoms with van der Waals surface area (Å²) in [6, 6.07) is 11.9. The lowest BCUT2D eigenvalue weighted by Crippen LogP contribution is -2.36. The van der Waals surface area contributed by atoms with E-state index >= 15 is 0 Å². The van der Waals surface area contributed by atoms with Crippen LogP contribution in [0.4, 0.5) is 5.69 Å². The third-order valence-electron chi connectivity index (χ3n) is 5.34. The van der Waals surface area contributed by atoms with Gasteiger partial charge < -0.3 is 10.2 Å². The second-order valence-corrected chi connectivity index (χ2v) is 6.89. The molecule has 0 unspecified atom stereocenters. The molecule has 1 fully saturated rings. The number of benzene rings is 1. The summed E-state index contributed by atoms with van der Waals surface area (Å²) in [5.41, 5.74) is 5.71. The Morgan fingerprint density at radius 3 is 3.13 bits per heavy atom. The number of nitrogens with one attached hydrogen (secondary N) is 1. The molecule has 120 valence electrons. The Morgan fingerprint density at radius 1 is 1.30 bits per heavy atom. The molecule has 2 aliphatic heterocycles. The molecule has 1 saturated heterocycles. The summed E-state index contributed by atoms with van der Waals surface area (Å²) in [6.45, 7) is 5.57. The Hall–Kier alpha value is -1.87. The standard InChI is InChI=1S/C20H25N3/c1-15-6-7-20-17(12-15)18-14-22-10-3-5-19(18)23(20)11-8-16-4-2-9-21-13-16/h2,4,6-7,9,12-13,18-19,22H,3,5,8,10-11,14H2,1H3/t18-,19-/m1/s1. The predicted octanol–water partition coefficient (Wildman–Crippen LogP) is 3.29. The molecule has 3 nitrogen and oxygen atoms in total. The molecular formula is C20H25N3. The molecule has 23 heavy (non-hydrogen) atoms. The van der Waals surface area contributed by atoms with Crippen molar-refractivity contribution in [1.29, 1.82) is 0 Å². The van der Waals surface area contributed by atoms with E-state index in [4.69, 9.17) is 0 Å². The van der Waals surface area contributed by atoms with E-state index in [2.05, 4.69) is 46.4 Å². The van der Waals surface area contributed by atoms with Gasteiger partial charge in [0.05, 0.1) is 0 Å². The van der Waals surface area contributed by atoms with Crippen LogP contribution in [0.2, 0.25) is 0 Å². The number of hydrogen-bond acceptors (Lipinski definition) is 3. The average Bonchev–Trinajstić information content (AvgIpc) is 2.73. The molecule has 0 saturated carbocycles. The van der Waals surface area contributed by atoms with Crippen molar-refractivity contribution in [2.45, 2.75) is 38.1 Å². The summed E-state index contributed by atoms with van der Waals surface area (Å²) in [5.74, 6) is 0.640. The molecule has 0 radical (unpaired) electrons. The third kappa shape index (κ3) is 2.86. The van der Waals surface area contributed by atoms with Crippen LogP contribution >= 0.6 is 0 Å². The van der Waals surface area contributed by atoms with E-state index in [9.17, 15) is 0 Å². The highest BCUT2D eigenvalue weighted by atomic mass is 15.2. The van der Waals surface area contributed by atoms with Gasteiger partial charge in [-0.2, -0.15) is 0 Å². The quantitative estimate of drug-likeness (QED) is 0.943. The molecule has 1 aromatic carbocycles. The van der Waals surface area contributed by atoms with Crippen molar-refractivity contribution in [2.75, 3.05) is 24.5 Å². The van der Waals surface area contributed by atoms with Crippen LogP contribution < -0.4 is 10.2 Å². The number of rotatable bonds is 3. The molecule has 0 amide bonds. The second-order valence-electron chi connectivity index (χ2n) is 6.89. The highest BCUT2D eigenvalue weighted by Crippen LogP contribution is 2.43. The number of hydrogen-bond donors (Lipinski definition) is 1. The summed E-state index contributed by atoms with van der Waals surface area (Å²) in [5, 5.41) is 3.64. The summed E-state index contributed by atoms with van der Waals surface area (Å²) >= 11 is 0. The van der Waals surface area contributed by atoms with Gasteiger partial charge in [-0.1, -0.05) is 23.8 Å². The Kier molecular flexibility index (Phi) is 4.04. The first kappa shape index (κ1) is 14.7. The third-order valence-corrected chi connectivity index (χ3v) is 5.34. The first-order valence-electron chi connectivity index (χ1n) is 8.80. The zero-order chi connectivity index (χ0) is 15.6. The van der Waals surface area contributed by atoms with Crippen LogP contribution in [0.25, 0.3) is 0 Å². The second kappa shape index (κ2) is 6.32. The number of fused-ring (bicyclic) bond motifs is 3. The van der Waals surface area contributed by atoms with Gasteiger partial charge in [-0.3, -0.25) is 4.98 Å². The maximum atomic E-state index is 4.25. The van der Waals surface area contributed by atoms with Crippen molar-refractivity contribution in [3.63, 3.8) is 0 Å². The molecule has 1 N–H and O–H groups in total. The van der Waals surface area contributed by atoms with Gasteiger partial charge in [-0.15, -0.1) is 0 Å². The van der Waals surface area contributed by atoms with Crippen LogP contribution in [0.1, 0.15) is 35.4 Å². The van der Waals surface area contributed by atoms with Crippen LogP contribution in [0, 0.1) is 6.92 Å². The van der Waals surface area contributed by atoms with Crippen LogP contribution in [0.3, 0.4) is 0 Å². The minimum atomic E-state index is 0.640. The van der Waals surface area contributed by atoms with Crippen LogP contribution in [-0.2, 0) is 6.42 Å². The SMILES string of the molecule is Cc1ccc2c(c1)[C@H]1CNCCC[C@H]1N2CCc1cccnc1. The number of anilines is 1. The van der Waals surface area contributed by atoms with E-state index in [-0.39, 0.29) is 0 Å². The fourth-order valence-electron chi connectivity index (χ4n) is 4.21. The van der Waals surface area contributed by atoms with Gasteiger partial charge >= 0.3 is 0 Å². The lowest BCUT2D eigenvalue weighted by atomic mass is 9.92. The molecule has 4 rings (SSSR count). The predicted molar refractivity (Wildman–Crippen MR) is 95.1 cm³/mol. The van der Waals surface area contributed by atoms with E-state index in [0.717, 1.165) is 26.1 Å². The highest BCUT2D eigenvalue weighted by Gasteiger charge is 2.38. The molecular weight excluding hydrogens is 282 g/mol. The maximum absolute atomic E-state index is 4.25. The van der Waals surface area contributed by atoms with Crippen molar-refractivity contribution < 1.29 is 0 Å². The van der Waals surface area contributed by atoms with Gasteiger partial charge in [0.1, 0.15) is 0 Å². The molecule has 0 spiro atoms. The Bertz CT molecular complexity index is 668. The molecule has 2 aromatic rings. The number of pyridine rings is 1. The fourth-order valence-corrected chi connectivity index (χ4v) is 4.21. The van der Waals surface area contributed by atoms with Crippen LogP contribution in [0.15, 0.2) is 42.7 Å². The molecule has 2 atom stereocenters. The highest BCUT2D eigenvalue weighted by molar-refractivity contribution is 5.63. The fraction of sp³-hybridized carbons (Fsp3) is 0.450. The van der Waals surface area contributed by atoms with E-state index in [0.29, 0.717) is 12.0 Å². The monoisotopic (exact) mass is 307 g/mol. The van der Waals surface area contributed by atoms with E-state index < -0.39 is 0 Å². The lowest BCUT2D eigenvalue weighted by Gasteiger charge is -2.29. The summed E-state index contributed by atoms with van der Waals surface area (Å²) < 4.78 is 0. The van der Waals surface area contributed by atoms with E-state index in [1.54, 1.807) is 5.56 Å². The zero-order valence-corrected chi connectivity index (χ0v) is 13.8. The van der Waals surface area contributed by atoms with Crippen LogP contribution in [0.5, 0.6) is 0 Å². The number of aromatic nitrogens is 1. The summed E-state index contributed by atoms with van der Waals surface area (Å²) in [4.78, 5) is 6.92. The lowest BCUT2D eigenvalue weighted by molar-refractivity contribution is 0.512. The van der Waals surface area contributed by atoms with Crippen molar-refractivity contribution >= 4 is 5.69 Å². The summed E-state index contributed by atoms with van der Waals surface area (Å²) in [6.07, 6.45) is 7.48. The van der Waals surface area contributed by atoms with Crippen molar-refractivity contribution in [3.05, 3.63) is 59.4 Å². The van der Waals surface area contributed by atoms with Gasteiger partial charge in [0.25, 0.3) is 0 Å². The van der Waals surface area contributed by atoms with Crippen molar-refractivity contribution in [1.82, 2.24) is 10.3 Å². The normalized spacial score (nSPS) is 23.3. The zero-order valence-electron chi connectivity index (χ0n) is 13.8. The van der Waals surface area contributed by atoms with Gasteiger partial charge in [0, 0.05) is 43.1 Å². The minimum Gasteiger partial charge on any atom is -0.367 e. The van der Waals surface area contributed by atoms with Crippen molar-refractivity contribution in [3.8, 4) is 0 Å². The van der Waals surface area contributed by atoms with E-state index in [1.807, 2.05) is 18.5 Å². The molecule has 1 aromatic heterocycles. The Morgan fingerprint density at radius 2 is 2.26 bits per heavy atom. The number of nitrogens with zero attached hydrogens (tertiary/aromatic N) is 2. The topological polar surface area (TPSA) is 28.2 Å². The molecule has 0 aliphatic carbocycles. The first-order valence-corrected chi connectivity index (χ1v) is 8.80. The van der Waals surface area contributed by atoms with Crippen LogP contribution in [-0.4, -0.2) is 30.7 Å². The largest absolute Gasteiger partial charge is 0.367 e. The van der Waals surface area contributed by atoms with Gasteiger partial charge in [-0.05, 0) is 56.0 Å². The van der Waals surface area contributed by atoms with Gasteiger partial charge in [0.2, 0.25) is 0 Å². The average molecular weight is 307 g/mol. The molecule has 2 aliphatic rings. The Labute approximate surface area is 138 Å². The van der Waals surface area contributed by atoms with Gasteiger partial charge in [-0.25, -0.2) is 0 Å². The number of aryl methyl sites for hydroxylation is 1. The van der Waals surface area contributed by atoms with E-state index in [1.165, 1.54) is 29.7 Å². The Balaban J connectivity index is 1.62.